The summed E-state index contributed by atoms with van der Waals surface area (Å²) in [6, 6.07) is 0.114. The summed E-state index contributed by atoms with van der Waals surface area (Å²) in [5.41, 5.74) is -0.447. The molecule has 0 bridgehead atoms. The number of carbonyl (C=O) groups is 3. The molecule has 1 fully saturated rings. The van der Waals surface area contributed by atoms with Crippen molar-refractivity contribution in [2.75, 3.05) is 11.5 Å². The van der Waals surface area contributed by atoms with Gasteiger partial charge in [-0.1, -0.05) is 11.8 Å². The van der Waals surface area contributed by atoms with Crippen LogP contribution in [0.3, 0.4) is 0 Å². The molecule has 0 aromatic carbocycles. The molecule has 186 valence electrons. The summed E-state index contributed by atoms with van der Waals surface area (Å²) in [4.78, 5) is 49.6. The van der Waals surface area contributed by atoms with Crippen LogP contribution in [0.4, 0.5) is 0 Å². The van der Waals surface area contributed by atoms with E-state index < -0.39 is 62.1 Å². The van der Waals surface area contributed by atoms with E-state index in [1.807, 2.05) is 0 Å². The molecule has 2 aromatic rings. The molecule has 1 saturated heterocycles. The van der Waals surface area contributed by atoms with Crippen LogP contribution in [0, 0.1) is 4.91 Å². The predicted molar refractivity (Wildman–Crippen MR) is 117 cm³/mol. The van der Waals surface area contributed by atoms with Crippen molar-refractivity contribution in [2.45, 2.75) is 27.9 Å². The molecule has 3 unspecified atom stereocenters. The number of rotatable bonds is 10. The number of aliphatic carboxylic acids is 1. The van der Waals surface area contributed by atoms with E-state index in [4.69, 9.17) is 4.42 Å². The summed E-state index contributed by atoms with van der Waals surface area (Å²) in [7, 11) is -4.56. The van der Waals surface area contributed by atoms with Gasteiger partial charge >= 0.3 is 5.97 Å². The lowest BCUT2D eigenvalue weighted by Gasteiger charge is -2.50. The zero-order valence-electron chi connectivity index (χ0n) is 17.2. The van der Waals surface area contributed by atoms with Crippen LogP contribution in [-0.4, -0.2) is 89.6 Å². The number of nitroso groups, excluding NO2 is 1. The lowest BCUT2D eigenvalue weighted by Crippen LogP contribution is -2.71. The van der Waals surface area contributed by atoms with Crippen LogP contribution >= 0.6 is 23.5 Å². The van der Waals surface area contributed by atoms with Crippen molar-refractivity contribution in [3.63, 3.8) is 0 Å². The number of nitrogens with zero attached hydrogens (tertiary/aromatic N) is 5. The zero-order valence-corrected chi connectivity index (χ0v) is 19.6. The van der Waals surface area contributed by atoms with E-state index in [0.717, 1.165) is 28.4 Å². The minimum atomic E-state index is -4.56. The van der Waals surface area contributed by atoms with Crippen LogP contribution in [0.5, 0.6) is 0 Å². The number of nitrogens with one attached hydrogen (secondary N) is 2. The quantitative estimate of drug-likeness (QED) is 0.126. The average molecular weight is 546 g/mol. The van der Waals surface area contributed by atoms with Gasteiger partial charge in [0.05, 0.1) is 17.3 Å². The molecule has 0 aliphatic carbocycles. The fourth-order valence-corrected chi connectivity index (χ4v) is 7.20. The van der Waals surface area contributed by atoms with Crippen LogP contribution in [0.1, 0.15) is 11.8 Å². The molecule has 4 N–H and O–H groups in total. The van der Waals surface area contributed by atoms with Crippen LogP contribution in [0.15, 0.2) is 44.4 Å². The molecule has 2 aliphatic heterocycles. The van der Waals surface area contributed by atoms with Gasteiger partial charge in [-0.05, 0) is 28.1 Å². The van der Waals surface area contributed by atoms with Crippen molar-refractivity contribution in [1.82, 2.24) is 30.8 Å². The summed E-state index contributed by atoms with van der Waals surface area (Å²) in [6.45, 7) is 0. The molecule has 16 nitrogen and oxygen atoms in total. The molecular weight excluding hydrogens is 530 g/mol. The molecule has 0 spiro atoms. The molecule has 2 aromatic heterocycles. The first kappa shape index (κ1) is 24.8. The summed E-state index contributed by atoms with van der Waals surface area (Å²) < 4.78 is 37.6. The van der Waals surface area contributed by atoms with Gasteiger partial charge in [0, 0.05) is 5.75 Å². The number of aromatic amines is 1. The van der Waals surface area contributed by atoms with E-state index in [9.17, 15) is 37.4 Å². The lowest BCUT2D eigenvalue weighted by molar-refractivity contribution is -0.150. The molecule has 0 radical (unpaired) electrons. The van der Waals surface area contributed by atoms with E-state index in [-0.39, 0.29) is 22.2 Å². The van der Waals surface area contributed by atoms with Gasteiger partial charge in [-0.2, -0.15) is 13.6 Å². The highest BCUT2D eigenvalue weighted by atomic mass is 32.2. The third-order valence-electron chi connectivity index (χ3n) is 4.99. The minimum Gasteiger partial charge on any atom is -0.477 e. The van der Waals surface area contributed by atoms with Gasteiger partial charge in [0.15, 0.2) is 0 Å². The van der Waals surface area contributed by atoms with E-state index in [1.165, 1.54) is 18.4 Å². The van der Waals surface area contributed by atoms with E-state index >= 15 is 0 Å². The number of carbonyl (C=O) groups excluding carboxylic acids is 2. The molecule has 2 amide bonds. The maximum atomic E-state index is 12.9. The predicted octanol–water partition coefficient (Wildman–Crippen LogP) is -0.612. The molecule has 4 atom stereocenters. The van der Waals surface area contributed by atoms with Gasteiger partial charge in [0.25, 0.3) is 21.9 Å². The van der Waals surface area contributed by atoms with E-state index in [0.29, 0.717) is 0 Å². The van der Waals surface area contributed by atoms with Crippen molar-refractivity contribution in [3.8, 4) is 0 Å². The number of β-lactam (4-membered cyclic amide) rings is 1. The normalized spacial score (nSPS) is 21.6. The van der Waals surface area contributed by atoms with E-state index in [2.05, 4.69) is 31.1 Å². The van der Waals surface area contributed by atoms with Gasteiger partial charge in [-0.15, -0.1) is 26.9 Å². The number of thioether (sulfide) groups is 2. The molecule has 4 heterocycles. The van der Waals surface area contributed by atoms with Crippen LogP contribution < -0.4 is 5.32 Å². The highest BCUT2D eigenvalue weighted by Crippen LogP contribution is 2.44. The fourth-order valence-electron chi connectivity index (χ4n) is 3.52. The second kappa shape index (κ2) is 9.76. The number of amides is 2. The number of tetrazole rings is 1. The van der Waals surface area contributed by atoms with E-state index in [1.54, 1.807) is 0 Å². The Morgan fingerprint density at radius 2 is 2.23 bits per heavy atom. The number of furan rings is 1. The second-order valence-electron chi connectivity index (χ2n) is 7.15. The van der Waals surface area contributed by atoms with Crippen molar-refractivity contribution < 1.29 is 36.9 Å². The first-order chi connectivity index (χ1) is 16.6. The maximum Gasteiger partial charge on any atom is 0.352 e. The summed E-state index contributed by atoms with van der Waals surface area (Å²) in [5, 5.41) is 25.9. The third-order valence-corrected chi connectivity index (χ3v) is 8.38. The Morgan fingerprint density at radius 1 is 1.46 bits per heavy atom. The topological polar surface area (TPSA) is 238 Å². The van der Waals surface area contributed by atoms with Crippen molar-refractivity contribution in [3.05, 3.63) is 40.3 Å². The Morgan fingerprint density at radius 3 is 2.80 bits per heavy atom. The number of fused-ring (bicyclic) bond motifs is 1. The van der Waals surface area contributed by atoms with Gasteiger partial charge < -0.3 is 14.8 Å². The first-order valence-electron chi connectivity index (χ1n) is 9.53. The van der Waals surface area contributed by atoms with Crippen LogP contribution in [0.2, 0.25) is 0 Å². The molecule has 0 saturated carbocycles. The first-order valence-corrected chi connectivity index (χ1v) is 13.1. The number of carboxylic acids is 1. The number of hydrogen-bond donors (Lipinski definition) is 4. The summed E-state index contributed by atoms with van der Waals surface area (Å²) >= 11 is 1.80. The number of aromatic nitrogens is 4. The van der Waals surface area contributed by atoms with Crippen LogP contribution in [0.25, 0.3) is 0 Å². The molecule has 19 heteroatoms. The van der Waals surface area contributed by atoms with Crippen molar-refractivity contribution in [2.24, 2.45) is 5.18 Å². The SMILES string of the molecule is O=NC(C(=O)NC1C(=O)N2C(C(=O)O)=C(C(CS(=O)(=O)O)Sc3nn[nH]n3)CS[C@@H]12)c1ccco1. The zero-order chi connectivity index (χ0) is 25.3. The number of carboxylic acid groups (broad SMARTS) is 1. The number of H-pyrrole nitrogens is 1. The second-order valence-corrected chi connectivity index (χ2v) is 10.9. The van der Waals surface area contributed by atoms with Crippen molar-refractivity contribution >= 4 is 51.4 Å². The average Bonchev–Trinajstić information content (AvgIpc) is 3.50. The molecule has 4 rings (SSSR count). The standard InChI is InChI=1S/C16H15N7O9S3/c24-12(9(20-28)7-2-1-3-32-7)17-10-13(25)23-11(15(26)27)6(4-33-14(10)23)8(5-35(29,30)31)34-16-18-21-22-19-16/h1-3,8-10,14H,4-5H2,(H,17,24)(H,26,27)(H,29,30,31)(H,18,19,21,22)/t8?,9?,10?,14-/m0/s1. The molecule has 35 heavy (non-hydrogen) atoms. The van der Waals surface area contributed by atoms with Gasteiger partial charge in [-0.3, -0.25) is 19.0 Å². The summed E-state index contributed by atoms with van der Waals surface area (Å²) in [6.07, 6.45) is 1.25. The Bertz CT molecular complexity index is 1280. The number of hydrogen-bond acceptors (Lipinski definition) is 13. The molecular formula is C16H15N7O9S3. The minimum absolute atomic E-state index is 0.00609. The van der Waals surface area contributed by atoms with Gasteiger partial charge in [0.2, 0.25) is 11.2 Å². The summed E-state index contributed by atoms with van der Waals surface area (Å²) in [5.74, 6) is -4.16. The van der Waals surface area contributed by atoms with Gasteiger partial charge in [-0.25, -0.2) is 4.79 Å². The Kier molecular flexibility index (Phi) is 6.92. The lowest BCUT2D eigenvalue weighted by atomic mass is 10.0. The Labute approximate surface area is 204 Å². The van der Waals surface area contributed by atoms with Crippen LogP contribution in [-0.2, 0) is 24.5 Å². The monoisotopic (exact) mass is 545 g/mol. The largest absolute Gasteiger partial charge is 0.477 e. The Balaban J connectivity index is 1.59. The highest BCUT2D eigenvalue weighted by Gasteiger charge is 2.55. The van der Waals surface area contributed by atoms with Gasteiger partial charge in [0.1, 0.15) is 22.9 Å². The molecule has 2 aliphatic rings. The Hall–Kier alpha value is -3.29. The smallest absolute Gasteiger partial charge is 0.352 e. The van der Waals surface area contributed by atoms with Crippen molar-refractivity contribution in [1.29, 1.82) is 0 Å². The highest BCUT2D eigenvalue weighted by molar-refractivity contribution is 8.01. The maximum absolute atomic E-state index is 12.9. The fraction of sp³-hybridized carbons (Fsp3) is 0.375. The third kappa shape index (κ3) is 5.06.